The Hall–Kier alpha value is -1.75. The zero-order chi connectivity index (χ0) is 11.5. The Kier molecular flexibility index (Phi) is 2.96. The minimum Gasteiger partial charge on any atom is -0.318 e. The largest absolute Gasteiger partial charge is 0.318 e. The van der Waals surface area contributed by atoms with Gasteiger partial charge in [-0.1, -0.05) is 19.1 Å². The second-order valence-electron chi connectivity index (χ2n) is 3.52. The van der Waals surface area contributed by atoms with Gasteiger partial charge in [-0.15, -0.1) is 0 Å². The van der Waals surface area contributed by atoms with Crippen molar-refractivity contribution in [1.82, 2.24) is 15.2 Å². The molecule has 1 atom stereocenters. The zero-order valence-corrected chi connectivity index (χ0v) is 8.94. The van der Waals surface area contributed by atoms with E-state index in [1.807, 2.05) is 6.92 Å². The number of nitrogens with two attached hydrogens (primary N) is 1. The molecule has 0 aliphatic rings. The number of aromatic nitrogens is 3. The summed E-state index contributed by atoms with van der Waals surface area (Å²) in [5.74, 6) is 1.05. The number of H-pyrrole nitrogens is 1. The molecular formula is C11H13FN4. The number of halogens is 1. The summed E-state index contributed by atoms with van der Waals surface area (Å²) in [6.07, 6.45) is 0.781. The van der Waals surface area contributed by atoms with Gasteiger partial charge in [0.1, 0.15) is 11.6 Å². The van der Waals surface area contributed by atoms with E-state index in [0.29, 0.717) is 5.82 Å². The molecule has 0 fully saturated rings. The molecule has 0 saturated carbocycles. The van der Waals surface area contributed by atoms with Crippen molar-refractivity contribution in [3.05, 3.63) is 47.3 Å². The lowest BCUT2D eigenvalue weighted by Crippen LogP contribution is -2.13. The first kappa shape index (κ1) is 10.8. The highest BCUT2D eigenvalue weighted by molar-refractivity contribution is 5.24. The van der Waals surface area contributed by atoms with Crippen LogP contribution in [0.1, 0.15) is 30.2 Å². The first-order valence-corrected chi connectivity index (χ1v) is 5.13. The van der Waals surface area contributed by atoms with Crippen LogP contribution in [-0.2, 0) is 6.42 Å². The van der Waals surface area contributed by atoms with Crippen molar-refractivity contribution < 1.29 is 4.39 Å². The van der Waals surface area contributed by atoms with Crippen LogP contribution in [0.25, 0.3) is 0 Å². The molecule has 1 heterocycles. The molecule has 0 aliphatic carbocycles. The maximum absolute atomic E-state index is 12.7. The molecule has 0 spiro atoms. The fourth-order valence-corrected chi connectivity index (χ4v) is 1.43. The Morgan fingerprint density at radius 3 is 2.62 bits per heavy atom. The van der Waals surface area contributed by atoms with Gasteiger partial charge in [-0.2, -0.15) is 5.10 Å². The summed E-state index contributed by atoms with van der Waals surface area (Å²) in [5.41, 5.74) is 6.76. The number of benzene rings is 1. The molecule has 2 aromatic rings. The number of hydrogen-bond donors (Lipinski definition) is 2. The summed E-state index contributed by atoms with van der Waals surface area (Å²) in [5, 5.41) is 6.83. The van der Waals surface area contributed by atoms with E-state index in [4.69, 9.17) is 5.73 Å². The van der Waals surface area contributed by atoms with Crippen molar-refractivity contribution in [2.45, 2.75) is 19.4 Å². The summed E-state index contributed by atoms with van der Waals surface area (Å²) < 4.78 is 12.7. The Morgan fingerprint density at radius 1 is 1.38 bits per heavy atom. The smallest absolute Gasteiger partial charge is 0.171 e. The van der Waals surface area contributed by atoms with Crippen LogP contribution >= 0.6 is 0 Å². The van der Waals surface area contributed by atoms with Gasteiger partial charge in [0.2, 0.25) is 0 Å². The number of rotatable bonds is 3. The molecule has 5 heteroatoms. The van der Waals surface area contributed by atoms with Crippen LogP contribution in [0.3, 0.4) is 0 Å². The Balaban J connectivity index is 2.24. The SMILES string of the molecule is CCc1nc([C@@H](N)c2ccc(F)cc2)n[nH]1. The molecule has 0 saturated heterocycles. The molecule has 0 amide bonds. The summed E-state index contributed by atoms with van der Waals surface area (Å²) in [4.78, 5) is 4.24. The number of aromatic amines is 1. The van der Waals surface area contributed by atoms with E-state index < -0.39 is 6.04 Å². The molecule has 16 heavy (non-hydrogen) atoms. The van der Waals surface area contributed by atoms with Crippen molar-refractivity contribution in [1.29, 1.82) is 0 Å². The van der Waals surface area contributed by atoms with Crippen LogP contribution in [-0.4, -0.2) is 15.2 Å². The molecule has 4 nitrogen and oxygen atoms in total. The van der Waals surface area contributed by atoms with E-state index in [2.05, 4.69) is 15.2 Å². The predicted octanol–water partition coefficient (Wildman–Crippen LogP) is 1.55. The fourth-order valence-electron chi connectivity index (χ4n) is 1.43. The average molecular weight is 220 g/mol. The molecule has 1 aromatic heterocycles. The second kappa shape index (κ2) is 4.40. The van der Waals surface area contributed by atoms with Gasteiger partial charge in [0.05, 0.1) is 6.04 Å². The van der Waals surface area contributed by atoms with Gasteiger partial charge < -0.3 is 5.73 Å². The second-order valence-corrected chi connectivity index (χ2v) is 3.52. The van der Waals surface area contributed by atoms with Crippen LogP contribution in [0.4, 0.5) is 4.39 Å². The molecule has 0 radical (unpaired) electrons. The van der Waals surface area contributed by atoms with Crippen molar-refractivity contribution in [3.63, 3.8) is 0 Å². The minimum absolute atomic E-state index is 0.278. The maximum atomic E-state index is 12.7. The van der Waals surface area contributed by atoms with Crippen LogP contribution in [0, 0.1) is 5.82 Å². The molecule has 0 aliphatic heterocycles. The van der Waals surface area contributed by atoms with Crippen LogP contribution in [0.2, 0.25) is 0 Å². The summed E-state index contributed by atoms with van der Waals surface area (Å²) in [7, 11) is 0. The van der Waals surface area contributed by atoms with Crippen LogP contribution in [0.5, 0.6) is 0 Å². The minimum atomic E-state index is -0.419. The van der Waals surface area contributed by atoms with Crippen molar-refractivity contribution in [3.8, 4) is 0 Å². The van der Waals surface area contributed by atoms with E-state index in [1.54, 1.807) is 12.1 Å². The van der Waals surface area contributed by atoms with Crippen LogP contribution < -0.4 is 5.73 Å². The van der Waals surface area contributed by atoms with Gasteiger partial charge in [0, 0.05) is 6.42 Å². The third kappa shape index (κ3) is 2.09. The number of nitrogens with zero attached hydrogens (tertiary/aromatic N) is 2. The molecular weight excluding hydrogens is 207 g/mol. The van der Waals surface area contributed by atoms with Crippen molar-refractivity contribution in [2.75, 3.05) is 0 Å². The molecule has 0 unspecified atom stereocenters. The van der Waals surface area contributed by atoms with E-state index in [-0.39, 0.29) is 5.82 Å². The first-order chi connectivity index (χ1) is 7.70. The van der Waals surface area contributed by atoms with Gasteiger partial charge in [-0.25, -0.2) is 9.37 Å². The number of aryl methyl sites for hydroxylation is 1. The third-order valence-electron chi connectivity index (χ3n) is 2.39. The molecule has 3 N–H and O–H groups in total. The van der Waals surface area contributed by atoms with Gasteiger partial charge in [-0.3, -0.25) is 5.10 Å². The summed E-state index contributed by atoms with van der Waals surface area (Å²) >= 11 is 0. The summed E-state index contributed by atoms with van der Waals surface area (Å²) in [6, 6.07) is 5.62. The first-order valence-electron chi connectivity index (χ1n) is 5.13. The predicted molar refractivity (Wildman–Crippen MR) is 58.2 cm³/mol. The van der Waals surface area contributed by atoms with Gasteiger partial charge in [0.15, 0.2) is 5.82 Å². The lowest BCUT2D eigenvalue weighted by atomic mass is 10.1. The molecule has 1 aromatic carbocycles. The van der Waals surface area contributed by atoms with E-state index in [9.17, 15) is 4.39 Å². The fraction of sp³-hybridized carbons (Fsp3) is 0.273. The normalized spacial score (nSPS) is 12.7. The topological polar surface area (TPSA) is 67.6 Å². The lowest BCUT2D eigenvalue weighted by molar-refractivity contribution is 0.626. The highest BCUT2D eigenvalue weighted by atomic mass is 19.1. The molecule has 2 rings (SSSR count). The highest BCUT2D eigenvalue weighted by Crippen LogP contribution is 2.16. The van der Waals surface area contributed by atoms with Gasteiger partial charge >= 0.3 is 0 Å². The maximum Gasteiger partial charge on any atom is 0.171 e. The average Bonchev–Trinajstić information content (AvgIpc) is 2.77. The molecule has 84 valence electrons. The highest BCUT2D eigenvalue weighted by Gasteiger charge is 2.13. The van der Waals surface area contributed by atoms with Gasteiger partial charge in [-0.05, 0) is 17.7 Å². The number of nitrogens with one attached hydrogen (secondary N) is 1. The van der Waals surface area contributed by atoms with Crippen molar-refractivity contribution >= 4 is 0 Å². The molecule has 0 bridgehead atoms. The zero-order valence-electron chi connectivity index (χ0n) is 8.94. The standard InChI is InChI=1S/C11H13FN4/c1-2-9-14-11(16-15-9)10(13)7-3-5-8(12)6-4-7/h3-6,10H,2,13H2,1H3,(H,14,15,16)/t10-/m0/s1. The van der Waals surface area contributed by atoms with E-state index in [0.717, 1.165) is 17.8 Å². The summed E-state index contributed by atoms with van der Waals surface area (Å²) in [6.45, 7) is 1.98. The van der Waals surface area contributed by atoms with Gasteiger partial charge in [0.25, 0.3) is 0 Å². The number of hydrogen-bond acceptors (Lipinski definition) is 3. The van der Waals surface area contributed by atoms with E-state index >= 15 is 0 Å². The Labute approximate surface area is 92.7 Å². The lowest BCUT2D eigenvalue weighted by Gasteiger charge is -2.07. The third-order valence-corrected chi connectivity index (χ3v) is 2.39. The van der Waals surface area contributed by atoms with E-state index in [1.165, 1.54) is 12.1 Å². The van der Waals surface area contributed by atoms with Crippen LogP contribution in [0.15, 0.2) is 24.3 Å². The Bertz CT molecular complexity index is 463. The quantitative estimate of drug-likeness (QED) is 0.824. The Morgan fingerprint density at radius 2 is 2.06 bits per heavy atom. The monoisotopic (exact) mass is 220 g/mol. The van der Waals surface area contributed by atoms with Crippen molar-refractivity contribution in [2.24, 2.45) is 5.73 Å².